The maximum Gasteiger partial charge on any atom is 0.302 e. The molecule has 8 heteroatoms. The molecule has 0 aliphatic carbocycles. The van der Waals surface area contributed by atoms with Gasteiger partial charge in [0.25, 0.3) is 5.69 Å². The summed E-state index contributed by atoms with van der Waals surface area (Å²) in [6.45, 7) is 0.576. The summed E-state index contributed by atoms with van der Waals surface area (Å²) in [4.78, 5) is 7.09. The highest BCUT2D eigenvalue weighted by atomic mass is 16.8. The van der Waals surface area contributed by atoms with Crippen molar-refractivity contribution in [2.75, 3.05) is 6.61 Å². The van der Waals surface area contributed by atoms with Crippen molar-refractivity contribution in [3.8, 4) is 23.1 Å². The minimum atomic E-state index is -0.168. The number of nitrogens with zero attached hydrogens (tertiary/aromatic N) is 4. The van der Waals surface area contributed by atoms with Gasteiger partial charge in [-0.15, -0.1) is 0 Å². The van der Waals surface area contributed by atoms with Crippen LogP contribution < -0.4 is 9.64 Å². The second-order valence-corrected chi connectivity index (χ2v) is 4.79. The summed E-state index contributed by atoms with van der Waals surface area (Å²) in [6.07, 6.45) is 5.18. The van der Waals surface area contributed by atoms with Gasteiger partial charge in [0, 0.05) is 22.6 Å². The van der Waals surface area contributed by atoms with E-state index in [0.717, 1.165) is 18.5 Å². The Kier molecular flexibility index (Phi) is 4.20. The maximum atomic E-state index is 11.2. The molecule has 0 bridgehead atoms. The lowest BCUT2D eigenvalue weighted by Gasteiger charge is -2.05. The van der Waals surface area contributed by atoms with E-state index in [9.17, 15) is 5.21 Å². The molecule has 0 unspecified atom stereocenters. The molecule has 0 amide bonds. The van der Waals surface area contributed by atoms with E-state index in [1.807, 2.05) is 0 Å². The van der Waals surface area contributed by atoms with E-state index in [1.165, 1.54) is 0 Å². The number of benzene rings is 1. The normalized spacial score (nSPS) is 10.4. The van der Waals surface area contributed by atoms with Crippen molar-refractivity contribution in [3.05, 3.63) is 53.4 Å². The average molecular weight is 311 g/mol. The number of aromatic amines is 1. The minimum absolute atomic E-state index is 0.0925. The Morgan fingerprint density at radius 1 is 1.35 bits per heavy atom. The van der Waals surface area contributed by atoms with Crippen molar-refractivity contribution >= 4 is 0 Å². The van der Waals surface area contributed by atoms with Gasteiger partial charge in [-0.25, -0.2) is 4.98 Å². The second-order valence-electron chi connectivity index (χ2n) is 4.79. The Morgan fingerprint density at radius 2 is 2.17 bits per heavy atom. The zero-order valence-electron chi connectivity index (χ0n) is 12.1. The van der Waals surface area contributed by atoms with Crippen LogP contribution >= 0.6 is 0 Å². The van der Waals surface area contributed by atoms with E-state index in [-0.39, 0.29) is 16.3 Å². The monoisotopic (exact) mass is 311 g/mol. The Balaban J connectivity index is 1.58. The molecule has 0 aliphatic heterocycles. The van der Waals surface area contributed by atoms with Crippen molar-refractivity contribution < 1.29 is 14.3 Å². The lowest BCUT2D eigenvalue weighted by molar-refractivity contribution is -0.804. The van der Waals surface area contributed by atoms with Crippen molar-refractivity contribution in [3.63, 3.8) is 0 Å². The van der Waals surface area contributed by atoms with Gasteiger partial charge in [-0.2, -0.15) is 5.26 Å². The first-order valence-electron chi connectivity index (χ1n) is 6.98. The molecule has 0 aliphatic rings. The molecule has 0 saturated heterocycles. The second kappa shape index (κ2) is 6.62. The number of aryl methyl sites for hydroxylation is 1. The van der Waals surface area contributed by atoms with Crippen LogP contribution in [0.4, 0.5) is 0 Å². The highest BCUT2D eigenvalue weighted by Gasteiger charge is 2.20. The van der Waals surface area contributed by atoms with Gasteiger partial charge in [-0.1, -0.05) is 0 Å². The van der Waals surface area contributed by atoms with Crippen LogP contribution in [0.1, 0.15) is 17.8 Å². The van der Waals surface area contributed by atoms with Crippen molar-refractivity contribution in [1.29, 1.82) is 5.26 Å². The van der Waals surface area contributed by atoms with Crippen LogP contribution in [0.3, 0.4) is 0 Å². The van der Waals surface area contributed by atoms with E-state index >= 15 is 0 Å². The number of imidazole rings is 1. The zero-order valence-corrected chi connectivity index (χ0v) is 12.1. The molecule has 0 atom stereocenters. The van der Waals surface area contributed by atoms with Crippen LogP contribution in [0.5, 0.6) is 5.75 Å². The molecule has 2 aromatic heterocycles. The van der Waals surface area contributed by atoms with Gasteiger partial charge >= 0.3 is 5.69 Å². The number of nitrogens with one attached hydrogen (secondary N) is 1. The Bertz CT molecular complexity index is 803. The first-order chi connectivity index (χ1) is 11.3. The van der Waals surface area contributed by atoms with Gasteiger partial charge in [-0.05, 0) is 42.0 Å². The summed E-state index contributed by atoms with van der Waals surface area (Å²) in [5.74, 6) is 0.704. The molecule has 3 aromatic rings. The third-order valence-corrected chi connectivity index (χ3v) is 3.26. The fraction of sp³-hybridized carbons (Fsp3) is 0.200. The molecule has 0 radical (unpaired) electrons. The van der Waals surface area contributed by atoms with Gasteiger partial charge in [0.15, 0.2) is 6.07 Å². The zero-order chi connectivity index (χ0) is 16.1. The molecule has 3 rings (SSSR count). The topological polar surface area (TPSA) is 115 Å². The Morgan fingerprint density at radius 3 is 2.87 bits per heavy atom. The third-order valence-electron chi connectivity index (χ3n) is 3.26. The highest BCUT2D eigenvalue weighted by Crippen LogP contribution is 2.22. The quantitative estimate of drug-likeness (QED) is 0.546. The minimum Gasteiger partial charge on any atom is -0.494 e. The predicted molar refractivity (Wildman–Crippen MR) is 78.0 cm³/mol. The van der Waals surface area contributed by atoms with E-state index < -0.39 is 0 Å². The molecular weight excluding hydrogens is 298 g/mol. The van der Waals surface area contributed by atoms with Crippen LogP contribution in [0.25, 0.3) is 11.3 Å². The largest absolute Gasteiger partial charge is 0.494 e. The molecule has 0 saturated carbocycles. The predicted octanol–water partition coefficient (Wildman–Crippen LogP) is 1.58. The van der Waals surface area contributed by atoms with E-state index in [4.69, 9.17) is 10.00 Å². The fourth-order valence-corrected chi connectivity index (χ4v) is 2.11. The molecule has 0 spiro atoms. The SMILES string of the molecule is N#Cc1c(-c2ccc(OCCCc3cnc[nH]3)cc2)no[n+]1[O-]. The number of nitriles is 1. The molecule has 1 N–H and O–H groups in total. The standard InChI is InChI=1S/C15H13N5O3/c16-8-14-15(19-23-20(14)21)11-3-5-13(6-4-11)22-7-1-2-12-9-17-10-18-12/h3-6,9-10H,1-2,7H2,(H,17,18). The summed E-state index contributed by atoms with van der Waals surface area (Å²) < 4.78 is 10.1. The van der Waals surface area contributed by atoms with Crippen LogP contribution in [0.15, 0.2) is 41.4 Å². The molecule has 2 heterocycles. The van der Waals surface area contributed by atoms with Crippen LogP contribution in [-0.2, 0) is 6.42 Å². The summed E-state index contributed by atoms with van der Waals surface area (Å²) in [6, 6.07) is 8.74. The van der Waals surface area contributed by atoms with Crippen molar-refractivity contribution in [2.24, 2.45) is 0 Å². The van der Waals surface area contributed by atoms with Crippen LogP contribution in [-0.4, -0.2) is 21.7 Å². The fourth-order valence-electron chi connectivity index (χ4n) is 2.11. The van der Waals surface area contributed by atoms with E-state index in [1.54, 1.807) is 42.9 Å². The van der Waals surface area contributed by atoms with Crippen LogP contribution in [0, 0.1) is 16.5 Å². The van der Waals surface area contributed by atoms with E-state index in [0.29, 0.717) is 17.9 Å². The van der Waals surface area contributed by atoms with Crippen LogP contribution in [0.2, 0.25) is 0 Å². The smallest absolute Gasteiger partial charge is 0.302 e. The average Bonchev–Trinajstić information content (AvgIpc) is 3.21. The summed E-state index contributed by atoms with van der Waals surface area (Å²) in [5.41, 5.74) is 1.74. The summed E-state index contributed by atoms with van der Waals surface area (Å²) in [5, 5.41) is 23.7. The molecular formula is C15H13N5O3. The molecule has 116 valence electrons. The Hall–Kier alpha value is -3.34. The lowest BCUT2D eigenvalue weighted by Crippen LogP contribution is -2.26. The first kappa shape index (κ1) is 14.6. The van der Waals surface area contributed by atoms with Gasteiger partial charge in [0.1, 0.15) is 5.75 Å². The van der Waals surface area contributed by atoms with Gasteiger partial charge in [0.05, 0.1) is 12.9 Å². The maximum absolute atomic E-state index is 11.2. The van der Waals surface area contributed by atoms with Gasteiger partial charge in [-0.3, -0.25) is 4.63 Å². The number of rotatable bonds is 6. The molecule has 23 heavy (non-hydrogen) atoms. The lowest BCUT2D eigenvalue weighted by atomic mass is 10.1. The third kappa shape index (κ3) is 3.29. The number of ether oxygens (including phenoxy) is 1. The van der Waals surface area contributed by atoms with E-state index in [2.05, 4.69) is 19.8 Å². The summed E-state index contributed by atoms with van der Waals surface area (Å²) >= 11 is 0. The molecule has 1 aromatic carbocycles. The van der Waals surface area contributed by atoms with Gasteiger partial charge < -0.3 is 14.9 Å². The van der Waals surface area contributed by atoms with Crippen molar-refractivity contribution in [2.45, 2.75) is 12.8 Å². The Labute approximate surface area is 131 Å². The number of hydrogen-bond acceptors (Lipinski definition) is 6. The molecule has 8 nitrogen and oxygen atoms in total. The van der Waals surface area contributed by atoms with Gasteiger partial charge in [0.2, 0.25) is 0 Å². The summed E-state index contributed by atoms with van der Waals surface area (Å²) in [7, 11) is 0. The number of hydrogen-bond donors (Lipinski definition) is 1. The number of aromatic nitrogens is 4. The van der Waals surface area contributed by atoms with Crippen molar-refractivity contribution in [1.82, 2.24) is 15.1 Å². The molecule has 0 fully saturated rings. The number of H-pyrrole nitrogens is 1. The highest BCUT2D eigenvalue weighted by molar-refractivity contribution is 5.63. The first-order valence-corrected chi connectivity index (χ1v) is 6.98.